The molecule has 5 nitrogen and oxygen atoms in total. The van der Waals surface area contributed by atoms with Crippen LogP contribution in [0.4, 0.5) is 6.01 Å². The fourth-order valence-corrected chi connectivity index (χ4v) is 2.66. The normalized spacial score (nSPS) is 28.8. The standard InChI is InChI=1S/C12H19N3O2/c1-9(2)10-13-11(17-14-10)15-5-3-12(7-15)4-6-16-8-12/h9H,3-8H2,1-2H3/t12-/m0/s1. The van der Waals surface area contributed by atoms with E-state index in [4.69, 9.17) is 9.26 Å². The Morgan fingerprint density at radius 3 is 2.88 bits per heavy atom. The molecule has 0 bridgehead atoms. The summed E-state index contributed by atoms with van der Waals surface area (Å²) >= 11 is 0. The summed E-state index contributed by atoms with van der Waals surface area (Å²) in [5.41, 5.74) is 0.340. The Balaban J connectivity index is 1.73. The number of nitrogens with zero attached hydrogens (tertiary/aromatic N) is 3. The van der Waals surface area contributed by atoms with Gasteiger partial charge in [0.25, 0.3) is 0 Å². The van der Waals surface area contributed by atoms with Gasteiger partial charge in [0.15, 0.2) is 5.82 Å². The fraction of sp³-hybridized carbons (Fsp3) is 0.833. The fourth-order valence-electron chi connectivity index (χ4n) is 2.66. The zero-order chi connectivity index (χ0) is 11.9. The molecular formula is C12H19N3O2. The van der Waals surface area contributed by atoms with Gasteiger partial charge in [-0.1, -0.05) is 19.0 Å². The van der Waals surface area contributed by atoms with Gasteiger partial charge in [0.05, 0.1) is 6.61 Å². The number of rotatable bonds is 2. The average molecular weight is 237 g/mol. The summed E-state index contributed by atoms with van der Waals surface area (Å²) in [6.45, 7) is 7.93. The number of anilines is 1. The third-order valence-electron chi connectivity index (χ3n) is 3.84. The van der Waals surface area contributed by atoms with Gasteiger partial charge in [-0.2, -0.15) is 4.98 Å². The van der Waals surface area contributed by atoms with E-state index in [1.165, 1.54) is 6.42 Å². The molecule has 2 fully saturated rings. The van der Waals surface area contributed by atoms with E-state index >= 15 is 0 Å². The Hall–Kier alpha value is -1.10. The minimum atomic E-state index is 0.318. The lowest BCUT2D eigenvalue weighted by Crippen LogP contribution is -2.27. The first kappa shape index (κ1) is 11.0. The van der Waals surface area contributed by atoms with Gasteiger partial charge in [-0.05, 0) is 12.8 Å². The number of aromatic nitrogens is 2. The van der Waals surface area contributed by atoms with Crippen molar-refractivity contribution in [1.29, 1.82) is 0 Å². The lowest BCUT2D eigenvalue weighted by atomic mass is 9.87. The van der Waals surface area contributed by atoms with Crippen molar-refractivity contribution in [3.63, 3.8) is 0 Å². The molecule has 5 heteroatoms. The third kappa shape index (κ3) is 1.92. The van der Waals surface area contributed by atoms with Crippen molar-refractivity contribution in [2.24, 2.45) is 5.41 Å². The van der Waals surface area contributed by atoms with E-state index in [9.17, 15) is 0 Å². The van der Waals surface area contributed by atoms with Crippen LogP contribution in [-0.2, 0) is 4.74 Å². The van der Waals surface area contributed by atoms with Crippen LogP contribution < -0.4 is 4.90 Å². The molecule has 0 saturated carbocycles. The van der Waals surface area contributed by atoms with Crippen LogP contribution in [0, 0.1) is 5.41 Å². The van der Waals surface area contributed by atoms with E-state index < -0.39 is 0 Å². The summed E-state index contributed by atoms with van der Waals surface area (Å²) in [6.07, 6.45) is 2.33. The first-order valence-electron chi connectivity index (χ1n) is 6.35. The van der Waals surface area contributed by atoms with Crippen LogP contribution in [0.2, 0.25) is 0 Å². The van der Waals surface area contributed by atoms with Crippen molar-refractivity contribution in [3.05, 3.63) is 5.82 Å². The van der Waals surface area contributed by atoms with Gasteiger partial charge in [-0.15, -0.1) is 0 Å². The lowest BCUT2D eigenvalue weighted by Gasteiger charge is -2.20. The topological polar surface area (TPSA) is 51.4 Å². The quantitative estimate of drug-likeness (QED) is 0.785. The van der Waals surface area contributed by atoms with Gasteiger partial charge < -0.3 is 14.2 Å². The second kappa shape index (κ2) is 3.98. The van der Waals surface area contributed by atoms with Gasteiger partial charge >= 0.3 is 6.01 Å². The molecule has 17 heavy (non-hydrogen) atoms. The molecule has 94 valence electrons. The highest BCUT2D eigenvalue weighted by Crippen LogP contribution is 2.39. The molecule has 3 heterocycles. The zero-order valence-electron chi connectivity index (χ0n) is 10.5. The van der Waals surface area contributed by atoms with Crippen molar-refractivity contribution in [2.75, 3.05) is 31.2 Å². The molecule has 3 rings (SSSR count). The van der Waals surface area contributed by atoms with E-state index in [2.05, 4.69) is 28.9 Å². The minimum Gasteiger partial charge on any atom is -0.381 e. The molecule has 1 aromatic rings. The highest BCUT2D eigenvalue weighted by Gasteiger charge is 2.42. The Labute approximate surface area is 101 Å². The molecule has 0 aliphatic carbocycles. The molecule has 2 aliphatic rings. The van der Waals surface area contributed by atoms with Crippen LogP contribution >= 0.6 is 0 Å². The molecule has 1 atom stereocenters. The maximum atomic E-state index is 5.52. The van der Waals surface area contributed by atoms with Crippen LogP contribution in [0.3, 0.4) is 0 Å². The first-order chi connectivity index (χ1) is 8.19. The van der Waals surface area contributed by atoms with Crippen LogP contribution in [0.15, 0.2) is 4.52 Å². The monoisotopic (exact) mass is 237 g/mol. The molecule has 0 amide bonds. The Morgan fingerprint density at radius 2 is 2.24 bits per heavy atom. The van der Waals surface area contributed by atoms with Crippen molar-refractivity contribution in [2.45, 2.75) is 32.6 Å². The van der Waals surface area contributed by atoms with E-state index in [-0.39, 0.29) is 0 Å². The molecular weight excluding hydrogens is 218 g/mol. The Morgan fingerprint density at radius 1 is 1.35 bits per heavy atom. The van der Waals surface area contributed by atoms with E-state index in [0.717, 1.165) is 38.5 Å². The SMILES string of the molecule is CC(C)c1noc(N2CC[C@]3(CCOC3)C2)n1. The van der Waals surface area contributed by atoms with Gasteiger partial charge in [0, 0.05) is 31.0 Å². The first-order valence-corrected chi connectivity index (χ1v) is 6.35. The summed E-state index contributed by atoms with van der Waals surface area (Å²) < 4.78 is 10.9. The van der Waals surface area contributed by atoms with Crippen LogP contribution in [0.1, 0.15) is 38.4 Å². The maximum absolute atomic E-state index is 5.52. The van der Waals surface area contributed by atoms with Gasteiger partial charge in [-0.3, -0.25) is 0 Å². The summed E-state index contributed by atoms with van der Waals surface area (Å²) in [7, 11) is 0. The highest BCUT2D eigenvalue weighted by molar-refractivity contribution is 5.29. The third-order valence-corrected chi connectivity index (χ3v) is 3.84. The molecule has 2 aliphatic heterocycles. The van der Waals surface area contributed by atoms with Crippen molar-refractivity contribution < 1.29 is 9.26 Å². The Bertz CT molecular complexity index is 396. The second-order valence-electron chi connectivity index (χ2n) is 5.56. The van der Waals surface area contributed by atoms with Crippen molar-refractivity contribution >= 4 is 6.01 Å². The molecule has 0 aromatic carbocycles. The van der Waals surface area contributed by atoms with Crippen LogP contribution in [0.5, 0.6) is 0 Å². The molecule has 0 N–H and O–H groups in total. The largest absolute Gasteiger partial charge is 0.381 e. The maximum Gasteiger partial charge on any atom is 0.324 e. The molecule has 0 unspecified atom stereocenters. The van der Waals surface area contributed by atoms with Crippen LogP contribution in [-0.4, -0.2) is 36.4 Å². The lowest BCUT2D eigenvalue weighted by molar-refractivity contribution is 0.160. The Kier molecular flexibility index (Phi) is 2.58. The summed E-state index contributed by atoms with van der Waals surface area (Å²) in [5.74, 6) is 1.11. The smallest absolute Gasteiger partial charge is 0.324 e. The number of hydrogen-bond donors (Lipinski definition) is 0. The average Bonchev–Trinajstić information content (AvgIpc) is 3.01. The number of ether oxygens (including phenoxy) is 1. The molecule has 0 radical (unpaired) electrons. The van der Waals surface area contributed by atoms with Gasteiger partial charge in [0.2, 0.25) is 0 Å². The molecule has 1 spiro atoms. The van der Waals surface area contributed by atoms with Crippen molar-refractivity contribution in [3.8, 4) is 0 Å². The van der Waals surface area contributed by atoms with Gasteiger partial charge in [-0.25, -0.2) is 0 Å². The van der Waals surface area contributed by atoms with E-state index in [1.54, 1.807) is 0 Å². The highest BCUT2D eigenvalue weighted by atomic mass is 16.5. The van der Waals surface area contributed by atoms with Crippen LogP contribution in [0.25, 0.3) is 0 Å². The predicted molar refractivity (Wildman–Crippen MR) is 63.1 cm³/mol. The van der Waals surface area contributed by atoms with Gasteiger partial charge in [0.1, 0.15) is 0 Å². The van der Waals surface area contributed by atoms with Crippen molar-refractivity contribution in [1.82, 2.24) is 10.1 Å². The summed E-state index contributed by atoms with van der Waals surface area (Å²) in [5, 5.41) is 4.02. The van der Waals surface area contributed by atoms with E-state index in [1.807, 2.05) is 0 Å². The second-order valence-corrected chi connectivity index (χ2v) is 5.56. The predicted octanol–water partition coefficient (Wildman–Crippen LogP) is 1.81. The summed E-state index contributed by atoms with van der Waals surface area (Å²) in [6, 6.07) is 0.678. The minimum absolute atomic E-state index is 0.318. The molecule has 2 saturated heterocycles. The molecule has 1 aromatic heterocycles. The zero-order valence-corrected chi connectivity index (χ0v) is 10.5. The summed E-state index contributed by atoms with van der Waals surface area (Å²) in [4.78, 5) is 6.66. The van der Waals surface area contributed by atoms with E-state index in [0.29, 0.717) is 17.3 Å². The number of hydrogen-bond acceptors (Lipinski definition) is 5.